The summed E-state index contributed by atoms with van der Waals surface area (Å²) in [4.78, 5) is 0. The Bertz CT molecular complexity index is 401. The van der Waals surface area contributed by atoms with E-state index in [0.29, 0.717) is 27.8 Å². The summed E-state index contributed by atoms with van der Waals surface area (Å²) in [6.07, 6.45) is 6.11. The topological polar surface area (TPSA) is 0 Å². The van der Waals surface area contributed by atoms with E-state index in [2.05, 4.69) is 13.8 Å². The fourth-order valence-electron chi connectivity index (χ4n) is 2.22. The third-order valence-corrected chi connectivity index (χ3v) is 3.53. The minimum atomic E-state index is 0.368. The highest BCUT2D eigenvalue weighted by Gasteiger charge is 2.11. The molecule has 1 atom stereocenters. The van der Waals surface area contributed by atoms with E-state index in [1.165, 1.54) is 25.7 Å². The Labute approximate surface area is 117 Å². The number of unbranched alkanes of at least 4 members (excludes halogenated alkanes) is 3. The molecule has 8 radical (unpaired) electrons. The van der Waals surface area contributed by atoms with Crippen molar-refractivity contribution in [3.8, 4) is 0 Å². The average molecular weight is 230 g/mol. The molecule has 1 unspecified atom stereocenters. The van der Waals surface area contributed by atoms with E-state index >= 15 is 0 Å². The molecule has 0 nitrogen and oxygen atoms in total. The molecule has 0 N–H and O–H groups in total. The van der Waals surface area contributed by atoms with E-state index in [-0.39, 0.29) is 0 Å². The van der Waals surface area contributed by atoms with E-state index in [1.807, 2.05) is 6.07 Å². The van der Waals surface area contributed by atoms with Gasteiger partial charge in [0.1, 0.15) is 31.4 Å². The van der Waals surface area contributed by atoms with Gasteiger partial charge in [-0.3, -0.25) is 0 Å². The molecule has 1 aromatic rings. The van der Waals surface area contributed by atoms with Gasteiger partial charge in [0.2, 0.25) is 0 Å². The highest BCUT2D eigenvalue weighted by molar-refractivity contribution is 6.62. The lowest BCUT2D eigenvalue weighted by molar-refractivity contribution is 0.581. The third-order valence-electron chi connectivity index (χ3n) is 3.53. The standard InChI is InChI=1S/C14H18B4/c1-3-4-5-6-7-9(2)10-8-11(15)13(17)14(18)12(10)16/h8-9H,3-7H2,1-2H3. The van der Waals surface area contributed by atoms with Gasteiger partial charge in [0.05, 0.1) is 0 Å². The van der Waals surface area contributed by atoms with Gasteiger partial charge in [0.25, 0.3) is 0 Å². The first kappa shape index (κ1) is 15.5. The maximum Gasteiger partial charge on any atom is 0.113 e. The smallest absolute Gasteiger partial charge is 0.111 e. The summed E-state index contributed by atoms with van der Waals surface area (Å²) in [5.74, 6) is 0.368. The molecule has 0 saturated carbocycles. The van der Waals surface area contributed by atoms with Gasteiger partial charge in [-0.25, -0.2) is 0 Å². The van der Waals surface area contributed by atoms with Crippen LogP contribution in [0, 0.1) is 0 Å². The van der Waals surface area contributed by atoms with Crippen molar-refractivity contribution in [1.29, 1.82) is 0 Å². The van der Waals surface area contributed by atoms with E-state index in [9.17, 15) is 0 Å². The van der Waals surface area contributed by atoms with Crippen LogP contribution in [0.3, 0.4) is 0 Å². The fraction of sp³-hybridized carbons (Fsp3) is 0.571. The highest BCUT2D eigenvalue weighted by atomic mass is 14.1. The summed E-state index contributed by atoms with van der Waals surface area (Å²) in [5.41, 5.74) is 2.96. The second-order valence-corrected chi connectivity index (χ2v) is 5.05. The molecule has 1 rings (SSSR count). The van der Waals surface area contributed by atoms with Gasteiger partial charge in [-0.2, -0.15) is 0 Å². The van der Waals surface area contributed by atoms with Crippen LogP contribution in [-0.4, -0.2) is 31.4 Å². The van der Waals surface area contributed by atoms with Crippen LogP contribution in [0.5, 0.6) is 0 Å². The predicted octanol–water partition coefficient (Wildman–Crippen LogP) is -0.0643. The zero-order valence-electron chi connectivity index (χ0n) is 11.5. The predicted molar refractivity (Wildman–Crippen MR) is 85.2 cm³/mol. The quantitative estimate of drug-likeness (QED) is 0.474. The summed E-state index contributed by atoms with van der Waals surface area (Å²) in [6, 6.07) is 1.87. The number of hydrogen-bond acceptors (Lipinski definition) is 0. The van der Waals surface area contributed by atoms with Crippen molar-refractivity contribution >= 4 is 53.2 Å². The maximum atomic E-state index is 6.02. The van der Waals surface area contributed by atoms with Crippen LogP contribution in [0.1, 0.15) is 57.4 Å². The Morgan fingerprint density at radius 2 is 1.61 bits per heavy atom. The van der Waals surface area contributed by atoms with E-state index in [1.54, 1.807) is 0 Å². The van der Waals surface area contributed by atoms with Gasteiger partial charge in [-0.05, 0) is 12.3 Å². The van der Waals surface area contributed by atoms with Gasteiger partial charge in [-0.15, -0.1) is 21.9 Å². The molecule has 0 aliphatic carbocycles. The number of rotatable bonds is 6. The molecule has 0 heterocycles. The molecule has 0 aromatic heterocycles. The molecule has 0 bridgehead atoms. The first-order valence-corrected chi connectivity index (χ1v) is 6.71. The van der Waals surface area contributed by atoms with Gasteiger partial charge in [0, 0.05) is 0 Å². The van der Waals surface area contributed by atoms with Crippen LogP contribution < -0.4 is 21.9 Å². The molecular formula is C14H18B4. The van der Waals surface area contributed by atoms with Crippen LogP contribution in [0.25, 0.3) is 0 Å². The minimum Gasteiger partial charge on any atom is -0.111 e. The molecule has 1 aromatic carbocycles. The summed E-state index contributed by atoms with van der Waals surface area (Å²) in [5, 5.41) is 0. The Balaban J connectivity index is 2.77. The number of benzene rings is 1. The summed E-state index contributed by atoms with van der Waals surface area (Å²) < 4.78 is 0. The molecule has 4 heteroatoms. The Hall–Kier alpha value is -0.520. The molecule has 0 amide bonds. The maximum absolute atomic E-state index is 6.02. The molecular weight excluding hydrogens is 211 g/mol. The normalized spacial score (nSPS) is 12.6. The van der Waals surface area contributed by atoms with Crippen molar-refractivity contribution in [3.05, 3.63) is 11.6 Å². The lowest BCUT2D eigenvalue weighted by Gasteiger charge is -2.21. The highest BCUT2D eigenvalue weighted by Crippen LogP contribution is 2.19. The van der Waals surface area contributed by atoms with Crippen LogP contribution in [0.2, 0.25) is 0 Å². The van der Waals surface area contributed by atoms with Crippen molar-refractivity contribution in [1.82, 2.24) is 0 Å². The van der Waals surface area contributed by atoms with E-state index in [4.69, 9.17) is 31.4 Å². The molecule has 0 aliphatic rings. The Morgan fingerprint density at radius 3 is 2.22 bits per heavy atom. The minimum absolute atomic E-state index is 0.368. The van der Waals surface area contributed by atoms with Crippen LogP contribution in [-0.2, 0) is 0 Å². The SMILES string of the molecule is [B]c1cc(C(C)CCCCCC)c([B])c([B])c1[B]. The zero-order chi connectivity index (χ0) is 13.7. The zero-order valence-corrected chi connectivity index (χ0v) is 11.5. The molecule has 0 spiro atoms. The van der Waals surface area contributed by atoms with Crippen molar-refractivity contribution in [3.63, 3.8) is 0 Å². The molecule has 0 fully saturated rings. The van der Waals surface area contributed by atoms with Crippen LogP contribution in [0.15, 0.2) is 6.07 Å². The molecule has 0 saturated heterocycles. The van der Waals surface area contributed by atoms with Gasteiger partial charge in [-0.1, -0.05) is 51.2 Å². The number of hydrogen-bond donors (Lipinski definition) is 0. The molecule has 18 heavy (non-hydrogen) atoms. The average Bonchev–Trinajstić information content (AvgIpc) is 2.36. The third kappa shape index (κ3) is 3.73. The second-order valence-electron chi connectivity index (χ2n) is 5.05. The Morgan fingerprint density at radius 1 is 0.944 bits per heavy atom. The van der Waals surface area contributed by atoms with Crippen molar-refractivity contribution < 1.29 is 0 Å². The van der Waals surface area contributed by atoms with Crippen molar-refractivity contribution in [2.45, 2.75) is 51.9 Å². The van der Waals surface area contributed by atoms with Crippen LogP contribution in [0.4, 0.5) is 0 Å². The van der Waals surface area contributed by atoms with E-state index < -0.39 is 0 Å². The monoisotopic (exact) mass is 230 g/mol. The Kier molecular flexibility index (Phi) is 6.18. The molecule has 0 aliphatic heterocycles. The van der Waals surface area contributed by atoms with Gasteiger partial charge in [0.15, 0.2) is 0 Å². The van der Waals surface area contributed by atoms with Crippen molar-refractivity contribution in [2.24, 2.45) is 0 Å². The van der Waals surface area contributed by atoms with Crippen LogP contribution >= 0.6 is 0 Å². The fourth-order valence-corrected chi connectivity index (χ4v) is 2.22. The lowest BCUT2D eigenvalue weighted by Crippen LogP contribution is -2.49. The summed E-state index contributed by atoms with van der Waals surface area (Å²) >= 11 is 0. The summed E-state index contributed by atoms with van der Waals surface area (Å²) in [6.45, 7) is 4.37. The first-order valence-electron chi connectivity index (χ1n) is 6.71. The lowest BCUT2D eigenvalue weighted by atomic mass is 9.64. The first-order chi connectivity index (χ1) is 8.49. The van der Waals surface area contributed by atoms with Gasteiger partial charge >= 0.3 is 0 Å². The summed E-state index contributed by atoms with van der Waals surface area (Å²) in [7, 11) is 23.5. The van der Waals surface area contributed by atoms with Gasteiger partial charge < -0.3 is 0 Å². The molecule has 86 valence electrons. The van der Waals surface area contributed by atoms with E-state index in [0.717, 1.165) is 12.0 Å². The largest absolute Gasteiger partial charge is 0.113 e. The second kappa shape index (κ2) is 7.16. The van der Waals surface area contributed by atoms with Crippen molar-refractivity contribution in [2.75, 3.05) is 0 Å².